The summed E-state index contributed by atoms with van der Waals surface area (Å²) < 4.78 is 21.9. The van der Waals surface area contributed by atoms with Crippen molar-refractivity contribution in [2.75, 3.05) is 33.8 Å². The fourth-order valence-corrected chi connectivity index (χ4v) is 4.69. The molecule has 0 aliphatic carbocycles. The lowest BCUT2D eigenvalue weighted by Crippen LogP contribution is -2.32. The smallest absolute Gasteiger partial charge is 0.255 e. The summed E-state index contributed by atoms with van der Waals surface area (Å²) in [4.78, 5) is 28.5. The summed E-state index contributed by atoms with van der Waals surface area (Å²) in [5, 5.41) is 3.45. The number of amides is 2. The average Bonchev–Trinajstić information content (AvgIpc) is 3.24. The van der Waals surface area contributed by atoms with Crippen molar-refractivity contribution in [1.82, 2.24) is 4.90 Å². The number of ether oxygens (including phenoxy) is 4. The molecule has 9 heteroatoms. The van der Waals surface area contributed by atoms with Crippen LogP contribution in [0.25, 0.3) is 0 Å². The Morgan fingerprint density at radius 2 is 1.62 bits per heavy atom. The minimum atomic E-state index is -0.618. The van der Waals surface area contributed by atoms with Gasteiger partial charge in [0.15, 0.2) is 11.5 Å². The maximum atomic E-state index is 13.4. The van der Waals surface area contributed by atoms with Crippen LogP contribution in [0.1, 0.15) is 39.5 Å². The van der Waals surface area contributed by atoms with Crippen molar-refractivity contribution in [3.63, 3.8) is 0 Å². The minimum absolute atomic E-state index is 0.0246. The highest BCUT2D eigenvalue weighted by Crippen LogP contribution is 2.43. The van der Waals surface area contributed by atoms with Gasteiger partial charge in [0.1, 0.15) is 5.75 Å². The lowest BCUT2D eigenvalue weighted by atomic mass is 10.00. The van der Waals surface area contributed by atoms with Crippen LogP contribution < -0.4 is 24.3 Å². The fraction of sp³-hybridized carbons (Fsp3) is 0.286. The second-order valence-electron chi connectivity index (χ2n) is 8.62. The van der Waals surface area contributed by atoms with Crippen LogP contribution in [0.5, 0.6) is 23.0 Å². The zero-order valence-corrected chi connectivity index (χ0v) is 22.1. The number of hydrogen-bond acceptors (Lipinski definition) is 6. The van der Waals surface area contributed by atoms with Gasteiger partial charge in [0.2, 0.25) is 11.7 Å². The number of nitrogens with one attached hydrogen (secondary N) is 1. The van der Waals surface area contributed by atoms with Crippen LogP contribution in [-0.2, 0) is 11.3 Å². The SMILES string of the molecule is COc1cc(Cl)c(C)cc1NC(=O)C[C@H](c1cc(OC)c(OC)c(OC)c1)N1Cc2ccccc2C1=O. The molecule has 0 aromatic heterocycles. The summed E-state index contributed by atoms with van der Waals surface area (Å²) in [6.07, 6.45) is -0.0246. The monoisotopic (exact) mass is 524 g/mol. The third-order valence-electron chi connectivity index (χ3n) is 6.43. The van der Waals surface area contributed by atoms with Crippen molar-refractivity contribution in [3.8, 4) is 23.0 Å². The molecule has 1 heterocycles. The molecule has 0 saturated heterocycles. The standard InChI is InChI=1S/C28H29ClN2O6/c1-16-10-21(23(34-2)13-20(16)29)30-26(32)14-22(31-15-17-8-6-7-9-19(17)28(31)33)18-11-24(35-3)27(37-5)25(12-18)36-4/h6-13,22H,14-15H2,1-5H3,(H,30,32)/t22-/m1/s1. The summed E-state index contributed by atoms with van der Waals surface area (Å²) in [6.45, 7) is 2.21. The molecule has 4 rings (SSSR count). The summed E-state index contributed by atoms with van der Waals surface area (Å²) in [6, 6.07) is 13.8. The third-order valence-corrected chi connectivity index (χ3v) is 6.84. The zero-order chi connectivity index (χ0) is 26.7. The Hall–Kier alpha value is -3.91. The Morgan fingerprint density at radius 1 is 0.973 bits per heavy atom. The molecule has 3 aromatic rings. The maximum Gasteiger partial charge on any atom is 0.255 e. The summed E-state index contributed by atoms with van der Waals surface area (Å²) >= 11 is 6.22. The van der Waals surface area contributed by atoms with Gasteiger partial charge in [-0.15, -0.1) is 0 Å². The number of nitrogens with zero attached hydrogens (tertiary/aromatic N) is 1. The number of fused-ring (bicyclic) bond motifs is 1. The molecular weight excluding hydrogens is 496 g/mol. The highest BCUT2D eigenvalue weighted by atomic mass is 35.5. The normalized spacial score (nSPS) is 13.1. The topological polar surface area (TPSA) is 86.3 Å². The number of hydrogen-bond donors (Lipinski definition) is 1. The van der Waals surface area contributed by atoms with Crippen LogP contribution in [0.4, 0.5) is 5.69 Å². The number of methoxy groups -OCH3 is 4. The quantitative estimate of drug-likeness (QED) is 0.403. The number of anilines is 1. The molecule has 1 N–H and O–H groups in total. The van der Waals surface area contributed by atoms with Gasteiger partial charge in [0, 0.05) is 23.2 Å². The van der Waals surface area contributed by atoms with Gasteiger partial charge in [0.25, 0.3) is 5.91 Å². The van der Waals surface area contributed by atoms with E-state index in [2.05, 4.69) is 5.32 Å². The highest BCUT2D eigenvalue weighted by molar-refractivity contribution is 6.31. The fourth-order valence-electron chi connectivity index (χ4n) is 4.54. The predicted molar refractivity (Wildman–Crippen MR) is 141 cm³/mol. The largest absolute Gasteiger partial charge is 0.495 e. The van der Waals surface area contributed by atoms with Crippen LogP contribution in [0.15, 0.2) is 48.5 Å². The van der Waals surface area contributed by atoms with E-state index in [1.807, 2.05) is 25.1 Å². The molecule has 0 fully saturated rings. The Bertz CT molecular complexity index is 1320. The van der Waals surface area contributed by atoms with Gasteiger partial charge in [-0.05, 0) is 47.9 Å². The van der Waals surface area contributed by atoms with E-state index < -0.39 is 6.04 Å². The first kappa shape index (κ1) is 26.2. The third kappa shape index (κ3) is 5.15. The molecule has 0 bridgehead atoms. The van der Waals surface area contributed by atoms with Crippen molar-refractivity contribution in [1.29, 1.82) is 0 Å². The van der Waals surface area contributed by atoms with Crippen LogP contribution in [0.3, 0.4) is 0 Å². The van der Waals surface area contributed by atoms with Crippen molar-refractivity contribution in [2.45, 2.75) is 25.9 Å². The number of halogens is 1. The van der Waals surface area contributed by atoms with Crippen molar-refractivity contribution < 1.29 is 28.5 Å². The maximum absolute atomic E-state index is 13.4. The lowest BCUT2D eigenvalue weighted by molar-refractivity contribution is -0.117. The molecule has 1 atom stereocenters. The van der Waals surface area contributed by atoms with Crippen molar-refractivity contribution in [2.24, 2.45) is 0 Å². The first-order valence-corrected chi connectivity index (χ1v) is 12.0. The van der Waals surface area contributed by atoms with Crippen molar-refractivity contribution in [3.05, 3.63) is 75.8 Å². The second kappa shape index (κ2) is 11.0. The second-order valence-corrected chi connectivity index (χ2v) is 9.03. The van der Waals surface area contributed by atoms with Crippen LogP contribution in [-0.4, -0.2) is 45.2 Å². The molecule has 3 aromatic carbocycles. The van der Waals surface area contributed by atoms with E-state index in [-0.39, 0.29) is 18.2 Å². The van der Waals surface area contributed by atoms with E-state index >= 15 is 0 Å². The molecule has 194 valence electrons. The van der Waals surface area contributed by atoms with E-state index in [9.17, 15) is 9.59 Å². The van der Waals surface area contributed by atoms with Gasteiger partial charge >= 0.3 is 0 Å². The van der Waals surface area contributed by atoms with E-state index in [0.29, 0.717) is 51.4 Å². The Balaban J connectivity index is 1.73. The average molecular weight is 525 g/mol. The predicted octanol–water partition coefficient (Wildman–Crippen LogP) is 5.41. The molecule has 0 spiro atoms. The molecule has 37 heavy (non-hydrogen) atoms. The van der Waals surface area contributed by atoms with E-state index in [1.54, 1.807) is 35.2 Å². The molecule has 0 unspecified atom stereocenters. The van der Waals surface area contributed by atoms with Gasteiger partial charge in [0.05, 0.1) is 46.6 Å². The van der Waals surface area contributed by atoms with Crippen molar-refractivity contribution >= 4 is 29.1 Å². The van der Waals surface area contributed by atoms with Gasteiger partial charge in [-0.2, -0.15) is 0 Å². The number of benzene rings is 3. The van der Waals surface area contributed by atoms with Gasteiger partial charge in [-0.3, -0.25) is 9.59 Å². The summed E-state index contributed by atoms with van der Waals surface area (Å²) in [5.74, 6) is 1.28. The molecule has 1 aliphatic rings. The summed E-state index contributed by atoms with van der Waals surface area (Å²) in [5.41, 5.74) is 3.49. The Kier molecular flexibility index (Phi) is 7.78. The summed E-state index contributed by atoms with van der Waals surface area (Å²) in [7, 11) is 6.08. The molecular formula is C28H29ClN2O6. The number of carbonyl (C=O) groups excluding carboxylic acids is 2. The molecule has 0 saturated carbocycles. The van der Waals surface area contributed by atoms with Gasteiger partial charge in [-0.25, -0.2) is 0 Å². The van der Waals surface area contributed by atoms with Crippen LogP contribution in [0, 0.1) is 6.92 Å². The Labute approximate surface area is 221 Å². The van der Waals surface area contributed by atoms with E-state index in [4.69, 9.17) is 30.5 Å². The van der Waals surface area contributed by atoms with Crippen LogP contribution in [0.2, 0.25) is 5.02 Å². The first-order chi connectivity index (χ1) is 17.8. The van der Waals surface area contributed by atoms with Gasteiger partial charge < -0.3 is 29.2 Å². The molecule has 1 aliphatic heterocycles. The number of rotatable bonds is 9. The molecule has 2 amide bonds. The van der Waals surface area contributed by atoms with E-state index in [1.165, 1.54) is 28.4 Å². The number of aryl methyl sites for hydroxylation is 1. The molecule has 0 radical (unpaired) electrons. The minimum Gasteiger partial charge on any atom is -0.495 e. The highest BCUT2D eigenvalue weighted by Gasteiger charge is 2.35. The Morgan fingerprint density at radius 3 is 2.22 bits per heavy atom. The lowest BCUT2D eigenvalue weighted by Gasteiger charge is -2.29. The first-order valence-electron chi connectivity index (χ1n) is 11.6. The van der Waals surface area contributed by atoms with Crippen LogP contribution >= 0.6 is 11.6 Å². The molecule has 8 nitrogen and oxygen atoms in total. The van der Waals surface area contributed by atoms with Gasteiger partial charge in [-0.1, -0.05) is 29.8 Å². The van der Waals surface area contributed by atoms with E-state index in [0.717, 1.165) is 11.1 Å². The number of carbonyl (C=O) groups is 2. The zero-order valence-electron chi connectivity index (χ0n) is 21.4.